The van der Waals surface area contributed by atoms with Crippen LogP contribution in [0.3, 0.4) is 0 Å². The monoisotopic (exact) mass is 246 g/mol. The van der Waals surface area contributed by atoms with Gasteiger partial charge in [0.05, 0.1) is 12.3 Å². The van der Waals surface area contributed by atoms with Crippen LogP contribution < -0.4 is 5.73 Å². The third kappa shape index (κ3) is 5.62. The Morgan fingerprint density at radius 1 is 1.39 bits per heavy atom. The van der Waals surface area contributed by atoms with Gasteiger partial charge < -0.3 is 5.73 Å². The average Bonchev–Trinajstić information content (AvgIpc) is 2.35. The van der Waals surface area contributed by atoms with E-state index >= 15 is 0 Å². The summed E-state index contributed by atoms with van der Waals surface area (Å²) < 4.78 is 0. The predicted molar refractivity (Wildman–Crippen MR) is 77.0 cm³/mol. The van der Waals surface area contributed by atoms with Crippen molar-refractivity contribution in [1.82, 2.24) is 0 Å². The number of rotatable bonds is 7. The largest absolute Gasteiger partial charge is 0.399 e. The molecule has 3 heteroatoms. The minimum atomic E-state index is 0.00815. The molecule has 0 saturated heterocycles. The first kappa shape index (κ1) is 14.4. The normalized spacial score (nSPS) is 12.8. The molecule has 0 aromatic heterocycles. The summed E-state index contributed by atoms with van der Waals surface area (Å²) >= 11 is 0. The summed E-state index contributed by atoms with van der Waals surface area (Å²) in [5.41, 5.74) is 7.65. The van der Waals surface area contributed by atoms with Gasteiger partial charge in [-0.05, 0) is 30.5 Å². The molecule has 1 aromatic carbocycles. The first-order valence-electron chi connectivity index (χ1n) is 6.50. The highest BCUT2D eigenvalue weighted by Crippen LogP contribution is 2.13. The molecule has 0 radical (unpaired) electrons. The second-order valence-corrected chi connectivity index (χ2v) is 4.63. The lowest BCUT2D eigenvalue weighted by atomic mass is 10.0. The molecular weight excluding hydrogens is 224 g/mol. The van der Waals surface area contributed by atoms with Gasteiger partial charge in [-0.2, -0.15) is 0 Å². The summed E-state index contributed by atoms with van der Waals surface area (Å²) in [5, 5.41) is 0. The van der Waals surface area contributed by atoms with Gasteiger partial charge in [-0.25, -0.2) is 0 Å². The van der Waals surface area contributed by atoms with E-state index in [2.05, 4.69) is 11.9 Å². The Kier molecular flexibility index (Phi) is 6.12. The number of hydrogen-bond donors (Lipinski definition) is 1. The number of nitrogen functional groups attached to an aromatic ring is 1. The number of ketones is 1. The predicted octanol–water partition coefficient (Wildman–Crippen LogP) is 3.03. The van der Waals surface area contributed by atoms with E-state index in [1.165, 1.54) is 18.7 Å². The Morgan fingerprint density at radius 3 is 2.61 bits per heavy atom. The number of Topliss-reactive ketones (excluding diaryl/α,β-unsaturated/α-hetero) is 1. The molecule has 2 N–H and O–H groups in total. The Hall–Kier alpha value is -1.64. The number of anilines is 1. The van der Waals surface area contributed by atoms with Crippen molar-refractivity contribution < 1.29 is 4.79 Å². The minimum absolute atomic E-state index is 0.00815. The summed E-state index contributed by atoms with van der Waals surface area (Å²) in [6.07, 6.45) is 5.61. The SMILES string of the molecule is CCCCC(Cc1ccc(N)cc1)N=CC(C)=O. The van der Waals surface area contributed by atoms with Crippen LogP contribution >= 0.6 is 0 Å². The van der Waals surface area contributed by atoms with Crippen molar-refractivity contribution in [2.45, 2.75) is 45.6 Å². The van der Waals surface area contributed by atoms with Gasteiger partial charge in [0.2, 0.25) is 0 Å². The van der Waals surface area contributed by atoms with Crippen molar-refractivity contribution in [1.29, 1.82) is 0 Å². The third-order valence-corrected chi connectivity index (χ3v) is 2.81. The second kappa shape index (κ2) is 7.64. The summed E-state index contributed by atoms with van der Waals surface area (Å²) in [4.78, 5) is 15.3. The summed E-state index contributed by atoms with van der Waals surface area (Å²) in [6.45, 7) is 3.69. The Morgan fingerprint density at radius 2 is 2.06 bits per heavy atom. The van der Waals surface area contributed by atoms with Crippen molar-refractivity contribution in [2.75, 3.05) is 5.73 Å². The first-order chi connectivity index (χ1) is 8.61. The van der Waals surface area contributed by atoms with Gasteiger partial charge in [-0.3, -0.25) is 9.79 Å². The molecule has 0 heterocycles. The Balaban J connectivity index is 2.64. The van der Waals surface area contributed by atoms with Crippen LogP contribution in [-0.2, 0) is 11.2 Å². The number of benzene rings is 1. The van der Waals surface area contributed by atoms with E-state index in [4.69, 9.17) is 5.73 Å². The highest BCUT2D eigenvalue weighted by atomic mass is 16.1. The van der Waals surface area contributed by atoms with Crippen molar-refractivity contribution >= 4 is 17.7 Å². The van der Waals surface area contributed by atoms with Crippen molar-refractivity contribution in [2.24, 2.45) is 4.99 Å². The van der Waals surface area contributed by atoms with Crippen LogP contribution in [0, 0.1) is 0 Å². The first-order valence-corrected chi connectivity index (χ1v) is 6.50. The molecule has 0 fully saturated rings. The molecule has 0 aliphatic heterocycles. The number of carbonyl (C=O) groups excluding carboxylic acids is 1. The molecule has 18 heavy (non-hydrogen) atoms. The number of aliphatic imine (C=N–C) groups is 1. The molecule has 0 saturated carbocycles. The van der Waals surface area contributed by atoms with E-state index < -0.39 is 0 Å². The maximum atomic E-state index is 11.0. The van der Waals surface area contributed by atoms with E-state index in [9.17, 15) is 4.79 Å². The zero-order valence-electron chi connectivity index (χ0n) is 11.2. The zero-order chi connectivity index (χ0) is 13.4. The van der Waals surface area contributed by atoms with Gasteiger partial charge in [0.1, 0.15) is 0 Å². The van der Waals surface area contributed by atoms with Crippen LogP contribution in [0.5, 0.6) is 0 Å². The van der Waals surface area contributed by atoms with Crippen molar-refractivity contribution in [3.05, 3.63) is 29.8 Å². The highest BCUT2D eigenvalue weighted by molar-refractivity contribution is 6.26. The van der Waals surface area contributed by atoms with Gasteiger partial charge in [0.15, 0.2) is 5.78 Å². The van der Waals surface area contributed by atoms with Crippen molar-refractivity contribution in [3.63, 3.8) is 0 Å². The molecule has 0 aliphatic carbocycles. The van der Waals surface area contributed by atoms with Gasteiger partial charge in [0, 0.05) is 12.6 Å². The molecule has 1 aromatic rings. The fraction of sp³-hybridized carbons (Fsp3) is 0.467. The number of unbranched alkanes of at least 4 members (excludes halogenated alkanes) is 1. The van der Waals surface area contributed by atoms with Crippen LogP contribution in [-0.4, -0.2) is 18.0 Å². The number of hydrogen-bond acceptors (Lipinski definition) is 3. The molecule has 1 rings (SSSR count). The number of nitrogens with zero attached hydrogens (tertiary/aromatic N) is 1. The molecule has 1 atom stereocenters. The van der Waals surface area contributed by atoms with Crippen LogP contribution in [0.2, 0.25) is 0 Å². The van der Waals surface area contributed by atoms with E-state index in [1.807, 2.05) is 24.3 Å². The number of carbonyl (C=O) groups is 1. The lowest BCUT2D eigenvalue weighted by Gasteiger charge is -2.12. The van der Waals surface area contributed by atoms with Crippen molar-refractivity contribution in [3.8, 4) is 0 Å². The molecule has 0 aliphatic rings. The van der Waals surface area contributed by atoms with Gasteiger partial charge in [-0.1, -0.05) is 31.9 Å². The molecule has 0 amide bonds. The van der Waals surface area contributed by atoms with Crippen LogP contribution in [0.15, 0.2) is 29.3 Å². The molecular formula is C15H22N2O. The maximum absolute atomic E-state index is 11.0. The molecule has 0 spiro atoms. The van der Waals surface area contributed by atoms with Gasteiger partial charge >= 0.3 is 0 Å². The second-order valence-electron chi connectivity index (χ2n) is 4.63. The third-order valence-electron chi connectivity index (χ3n) is 2.81. The molecule has 0 bridgehead atoms. The minimum Gasteiger partial charge on any atom is -0.399 e. The average molecular weight is 246 g/mol. The Labute approximate surface area is 109 Å². The fourth-order valence-electron chi connectivity index (χ4n) is 1.81. The van der Waals surface area contributed by atoms with Gasteiger partial charge in [0.25, 0.3) is 0 Å². The van der Waals surface area contributed by atoms with Crippen LogP contribution in [0.4, 0.5) is 5.69 Å². The van der Waals surface area contributed by atoms with Crippen LogP contribution in [0.25, 0.3) is 0 Å². The van der Waals surface area contributed by atoms with E-state index in [1.54, 1.807) is 0 Å². The summed E-state index contributed by atoms with van der Waals surface area (Å²) in [6, 6.07) is 8.05. The maximum Gasteiger partial charge on any atom is 0.170 e. The molecule has 98 valence electrons. The highest BCUT2D eigenvalue weighted by Gasteiger charge is 2.07. The number of nitrogens with two attached hydrogens (primary N) is 1. The lowest BCUT2D eigenvalue weighted by molar-refractivity contribution is -0.110. The van der Waals surface area contributed by atoms with E-state index in [0.29, 0.717) is 0 Å². The van der Waals surface area contributed by atoms with E-state index in [-0.39, 0.29) is 11.8 Å². The summed E-state index contributed by atoms with van der Waals surface area (Å²) in [7, 11) is 0. The van der Waals surface area contributed by atoms with Crippen LogP contribution in [0.1, 0.15) is 38.7 Å². The molecule has 1 unspecified atom stereocenters. The standard InChI is InChI=1S/C15H22N2O/c1-3-4-5-15(17-11-12(2)18)10-13-6-8-14(16)9-7-13/h6-9,11,15H,3-5,10,16H2,1-2H3. The zero-order valence-corrected chi connectivity index (χ0v) is 11.2. The topological polar surface area (TPSA) is 55.4 Å². The fourth-order valence-corrected chi connectivity index (χ4v) is 1.81. The lowest BCUT2D eigenvalue weighted by Crippen LogP contribution is -2.10. The van der Waals surface area contributed by atoms with E-state index in [0.717, 1.165) is 31.4 Å². The molecule has 3 nitrogen and oxygen atoms in total. The summed E-state index contributed by atoms with van der Waals surface area (Å²) in [5.74, 6) is 0.00815. The quantitative estimate of drug-likeness (QED) is 0.594. The Bertz CT molecular complexity index is 395. The van der Waals surface area contributed by atoms with Gasteiger partial charge in [-0.15, -0.1) is 0 Å². The smallest absolute Gasteiger partial charge is 0.170 e.